The molecule has 0 fully saturated rings. The molecule has 0 saturated heterocycles. The van der Waals surface area contributed by atoms with Crippen LogP contribution < -0.4 is 33.2 Å². The van der Waals surface area contributed by atoms with Gasteiger partial charge in [-0.2, -0.15) is 12.6 Å². The average molecular weight is 463 g/mol. The lowest BCUT2D eigenvalue weighted by molar-refractivity contribution is -0.143. The lowest BCUT2D eigenvalue weighted by Crippen LogP contribution is -2.59. The van der Waals surface area contributed by atoms with E-state index in [0.717, 1.165) is 0 Å². The van der Waals surface area contributed by atoms with Crippen LogP contribution in [0.4, 0.5) is 0 Å². The summed E-state index contributed by atoms with van der Waals surface area (Å²) in [6, 6.07) is -5.32. The van der Waals surface area contributed by atoms with Crippen LogP contribution in [0.3, 0.4) is 0 Å². The highest BCUT2D eigenvalue weighted by Gasteiger charge is 2.32. The molecule has 13 nitrogen and oxygen atoms in total. The summed E-state index contributed by atoms with van der Waals surface area (Å²) in [7, 11) is 0. The molecule has 0 aliphatic rings. The molecule has 0 radical (unpaired) electrons. The fourth-order valence-electron chi connectivity index (χ4n) is 2.40. The molecule has 0 aliphatic heterocycles. The van der Waals surface area contributed by atoms with Gasteiger partial charge in [0, 0.05) is 5.75 Å². The highest BCUT2D eigenvalue weighted by molar-refractivity contribution is 7.80. The summed E-state index contributed by atoms with van der Waals surface area (Å²) in [6.07, 6.45) is -0.635. The van der Waals surface area contributed by atoms with Crippen molar-refractivity contribution in [2.45, 2.75) is 57.3 Å². The number of nitrogens with one attached hydrogen (secondary N) is 3. The number of primary amides is 2. The van der Waals surface area contributed by atoms with Crippen LogP contribution in [0.5, 0.6) is 0 Å². The Morgan fingerprint density at radius 1 is 0.871 bits per heavy atom. The third kappa shape index (κ3) is 10.1. The number of amides is 5. The Balaban J connectivity index is 5.32. The fourth-order valence-corrected chi connectivity index (χ4v) is 2.66. The highest BCUT2D eigenvalue weighted by atomic mass is 32.1. The Hall–Kier alpha value is -2.87. The number of nitrogens with two attached hydrogens (primary N) is 3. The summed E-state index contributed by atoms with van der Waals surface area (Å²) in [5.74, 6) is -6.31. The zero-order valence-electron chi connectivity index (χ0n) is 17.3. The Morgan fingerprint density at radius 2 is 1.35 bits per heavy atom. The summed E-state index contributed by atoms with van der Waals surface area (Å²) in [5, 5.41) is 16.1. The molecule has 0 aromatic heterocycles. The lowest BCUT2D eigenvalue weighted by Gasteiger charge is -2.25. The van der Waals surface area contributed by atoms with E-state index in [4.69, 9.17) is 17.2 Å². The van der Waals surface area contributed by atoms with Gasteiger partial charge in [0.05, 0.1) is 18.9 Å². The molecule has 0 heterocycles. The van der Waals surface area contributed by atoms with E-state index in [9.17, 15) is 33.9 Å². The van der Waals surface area contributed by atoms with Crippen LogP contribution >= 0.6 is 12.6 Å². The third-order valence-corrected chi connectivity index (χ3v) is 4.75. The topological polar surface area (TPSA) is 237 Å². The number of carboxylic acids is 1. The predicted octanol–water partition coefficient (Wildman–Crippen LogP) is -3.42. The molecule has 176 valence electrons. The van der Waals surface area contributed by atoms with Gasteiger partial charge in [-0.1, -0.05) is 20.3 Å². The van der Waals surface area contributed by atoms with E-state index in [2.05, 4.69) is 28.6 Å². The number of hydrogen-bond donors (Lipinski definition) is 8. The molecule has 31 heavy (non-hydrogen) atoms. The van der Waals surface area contributed by atoms with E-state index in [1.807, 2.05) is 0 Å². The Bertz CT molecular complexity index is 704. The van der Waals surface area contributed by atoms with Crippen LogP contribution in [-0.2, 0) is 28.8 Å². The smallest absolute Gasteiger partial charge is 0.326 e. The van der Waals surface area contributed by atoms with Crippen LogP contribution in [0, 0.1) is 5.92 Å². The second kappa shape index (κ2) is 13.4. The molecule has 0 spiro atoms. The van der Waals surface area contributed by atoms with Crippen molar-refractivity contribution in [1.29, 1.82) is 0 Å². The molecule has 0 rings (SSSR count). The Labute approximate surface area is 184 Å². The predicted molar refractivity (Wildman–Crippen MR) is 112 cm³/mol. The Morgan fingerprint density at radius 3 is 1.77 bits per heavy atom. The van der Waals surface area contributed by atoms with Crippen molar-refractivity contribution in [1.82, 2.24) is 16.0 Å². The van der Waals surface area contributed by atoms with Gasteiger partial charge < -0.3 is 38.3 Å². The van der Waals surface area contributed by atoms with Crippen molar-refractivity contribution >= 4 is 48.1 Å². The lowest BCUT2D eigenvalue weighted by atomic mass is 9.99. The number of carbonyl (C=O) groups excluding carboxylic acids is 5. The zero-order chi connectivity index (χ0) is 24.3. The molecular formula is C17H30N6O7S. The van der Waals surface area contributed by atoms with Crippen molar-refractivity contribution < 1.29 is 33.9 Å². The monoisotopic (exact) mass is 462 g/mol. The molecular weight excluding hydrogens is 432 g/mol. The number of carbonyl (C=O) groups is 6. The van der Waals surface area contributed by atoms with Crippen LogP contribution in [0.15, 0.2) is 0 Å². The number of carboxylic acid groups (broad SMARTS) is 1. The Kier molecular flexibility index (Phi) is 12.2. The summed E-state index contributed by atoms with van der Waals surface area (Å²) >= 11 is 3.98. The fraction of sp³-hybridized carbons (Fsp3) is 0.647. The minimum absolute atomic E-state index is 0.206. The minimum Gasteiger partial charge on any atom is -0.480 e. The second-order valence-corrected chi connectivity index (χ2v) is 7.33. The van der Waals surface area contributed by atoms with Crippen molar-refractivity contribution in [2.24, 2.45) is 23.1 Å². The summed E-state index contributed by atoms with van der Waals surface area (Å²) in [6.45, 7) is 3.39. The largest absolute Gasteiger partial charge is 0.480 e. The molecule has 10 N–H and O–H groups in total. The van der Waals surface area contributed by atoms with Crippen molar-refractivity contribution in [3.63, 3.8) is 0 Å². The normalized spacial score (nSPS) is 15.5. The van der Waals surface area contributed by atoms with E-state index in [1.54, 1.807) is 13.8 Å². The minimum atomic E-state index is -1.50. The number of hydrogen-bond acceptors (Lipinski definition) is 8. The van der Waals surface area contributed by atoms with Gasteiger partial charge in [-0.25, -0.2) is 4.79 Å². The standard InChI is InChI=1S/C17H30N6O7S/c1-3-7(2)13(17(29)30)23-16(28)10(6-31)22-15(27)9(5-12(20)25)21-14(26)8(18)4-11(19)24/h7-10,13,31H,3-6,18H2,1-2H3,(H2,19,24)(H2,20,25)(H,21,26)(H,22,27)(H,23,28)(H,29,30). The SMILES string of the molecule is CCC(C)C(NC(=O)C(CS)NC(=O)C(CC(N)=O)NC(=O)C(N)CC(N)=O)C(=O)O. The first-order chi connectivity index (χ1) is 14.3. The number of thiol groups is 1. The van der Waals surface area contributed by atoms with Gasteiger partial charge in [0.1, 0.15) is 18.1 Å². The first-order valence-electron chi connectivity index (χ1n) is 9.40. The summed E-state index contributed by atoms with van der Waals surface area (Å²) in [4.78, 5) is 70.6. The van der Waals surface area contributed by atoms with Crippen molar-refractivity contribution in [3.05, 3.63) is 0 Å². The quantitative estimate of drug-likeness (QED) is 0.121. The first-order valence-corrected chi connectivity index (χ1v) is 10.0. The molecule has 5 unspecified atom stereocenters. The van der Waals surface area contributed by atoms with Crippen LogP contribution in [0.25, 0.3) is 0 Å². The van der Waals surface area contributed by atoms with E-state index < -0.39 is 72.5 Å². The summed E-state index contributed by atoms with van der Waals surface area (Å²) < 4.78 is 0. The maximum absolute atomic E-state index is 12.5. The molecule has 0 aromatic carbocycles. The van der Waals surface area contributed by atoms with Gasteiger partial charge in [0.25, 0.3) is 0 Å². The summed E-state index contributed by atoms with van der Waals surface area (Å²) in [5.41, 5.74) is 15.6. The van der Waals surface area contributed by atoms with Crippen LogP contribution in [0.2, 0.25) is 0 Å². The van der Waals surface area contributed by atoms with Crippen molar-refractivity contribution in [3.8, 4) is 0 Å². The maximum Gasteiger partial charge on any atom is 0.326 e. The van der Waals surface area contributed by atoms with Gasteiger partial charge in [0.15, 0.2) is 0 Å². The molecule has 14 heteroatoms. The number of aliphatic carboxylic acids is 1. The molecule has 0 aromatic rings. The average Bonchev–Trinajstić information content (AvgIpc) is 2.67. The maximum atomic E-state index is 12.5. The van der Waals surface area contributed by atoms with E-state index in [-0.39, 0.29) is 11.7 Å². The number of rotatable bonds is 14. The third-order valence-electron chi connectivity index (χ3n) is 4.39. The molecule has 0 bridgehead atoms. The van der Waals surface area contributed by atoms with Gasteiger partial charge in [-0.3, -0.25) is 24.0 Å². The molecule has 0 saturated carbocycles. The molecule has 0 aliphatic carbocycles. The second-order valence-electron chi connectivity index (χ2n) is 6.96. The van der Waals surface area contributed by atoms with E-state index in [0.29, 0.717) is 6.42 Å². The molecule has 5 amide bonds. The highest BCUT2D eigenvalue weighted by Crippen LogP contribution is 2.08. The van der Waals surface area contributed by atoms with Crippen LogP contribution in [0.1, 0.15) is 33.1 Å². The van der Waals surface area contributed by atoms with Crippen LogP contribution in [-0.4, -0.2) is 70.5 Å². The van der Waals surface area contributed by atoms with Gasteiger partial charge in [-0.05, 0) is 5.92 Å². The first kappa shape index (κ1) is 28.1. The molecule has 5 atom stereocenters. The van der Waals surface area contributed by atoms with Gasteiger partial charge in [0.2, 0.25) is 29.5 Å². The van der Waals surface area contributed by atoms with Crippen molar-refractivity contribution in [2.75, 3.05) is 5.75 Å². The van der Waals surface area contributed by atoms with E-state index >= 15 is 0 Å². The zero-order valence-corrected chi connectivity index (χ0v) is 18.2. The van der Waals surface area contributed by atoms with Gasteiger partial charge >= 0.3 is 5.97 Å². The van der Waals surface area contributed by atoms with E-state index in [1.165, 1.54) is 0 Å². The van der Waals surface area contributed by atoms with Gasteiger partial charge in [-0.15, -0.1) is 0 Å².